The van der Waals surface area contributed by atoms with E-state index in [1.807, 2.05) is 6.92 Å². The third kappa shape index (κ3) is 4.94. The molecule has 0 bridgehead atoms. The summed E-state index contributed by atoms with van der Waals surface area (Å²) in [6, 6.07) is 0. The number of rotatable bonds is 9. The van der Waals surface area contributed by atoms with Crippen LogP contribution >= 0.6 is 0 Å². The second kappa shape index (κ2) is 8.23. The summed E-state index contributed by atoms with van der Waals surface area (Å²) < 4.78 is 4.80. The Balaban J connectivity index is 2.69. The average Bonchev–Trinajstić information content (AvgIpc) is 2.39. The van der Waals surface area contributed by atoms with Crippen LogP contribution < -0.4 is 10.6 Å². The lowest BCUT2D eigenvalue weighted by atomic mass is 10.2. The number of methoxy groups -OCH3 is 1. The molecule has 3 N–H and O–H groups in total. The van der Waals surface area contributed by atoms with Crippen LogP contribution in [0.5, 0.6) is 0 Å². The molecule has 0 aromatic carbocycles. The van der Waals surface area contributed by atoms with E-state index in [-0.39, 0.29) is 18.1 Å². The van der Waals surface area contributed by atoms with Crippen molar-refractivity contribution in [3.8, 4) is 0 Å². The van der Waals surface area contributed by atoms with Gasteiger partial charge in [-0.1, -0.05) is 0 Å². The van der Waals surface area contributed by atoms with Crippen molar-refractivity contribution >= 4 is 17.5 Å². The molecule has 1 heterocycles. The van der Waals surface area contributed by atoms with Crippen molar-refractivity contribution in [3.63, 3.8) is 0 Å². The van der Waals surface area contributed by atoms with Gasteiger partial charge < -0.3 is 20.5 Å². The normalized spacial score (nSPS) is 11.9. The molecule has 1 rings (SSSR count). The molecule has 0 saturated carbocycles. The first-order chi connectivity index (χ1) is 9.58. The predicted molar refractivity (Wildman–Crippen MR) is 73.8 cm³/mol. The maximum Gasteiger partial charge on any atom is 0.329 e. The van der Waals surface area contributed by atoms with Crippen molar-refractivity contribution in [1.29, 1.82) is 0 Å². The van der Waals surface area contributed by atoms with Gasteiger partial charge in [0.05, 0.1) is 17.6 Å². The molecule has 0 spiro atoms. The molecule has 0 radical (unpaired) electrons. The number of nitrogens with zero attached hydrogens (tertiary/aromatic N) is 3. The van der Waals surface area contributed by atoms with Crippen molar-refractivity contribution in [3.05, 3.63) is 16.3 Å². The van der Waals surface area contributed by atoms with Crippen LogP contribution in [0.2, 0.25) is 0 Å². The van der Waals surface area contributed by atoms with Crippen LogP contribution in [-0.2, 0) is 4.74 Å². The predicted octanol–water partition coefficient (Wildman–Crippen LogP) is 0.626. The van der Waals surface area contributed by atoms with Gasteiger partial charge in [0.25, 0.3) is 0 Å². The van der Waals surface area contributed by atoms with E-state index < -0.39 is 11.0 Å². The molecule has 20 heavy (non-hydrogen) atoms. The largest absolute Gasteiger partial charge is 0.391 e. The number of aliphatic hydroxyl groups excluding tert-OH is 1. The summed E-state index contributed by atoms with van der Waals surface area (Å²) in [5.74, 6) is 0.448. The Morgan fingerprint density at radius 1 is 1.55 bits per heavy atom. The zero-order valence-electron chi connectivity index (χ0n) is 11.5. The highest BCUT2D eigenvalue weighted by molar-refractivity contribution is 5.56. The minimum absolute atomic E-state index is 0.130. The standard InChI is InChI=1S/C11H19N5O4/c1-3-12-11-14-6-9(16(18)19)10(15-11)13-5-4-8(17)7-20-2/h6,8,17H,3-5,7H2,1-2H3,(H2,12,13,14,15). The van der Waals surface area contributed by atoms with E-state index in [9.17, 15) is 15.2 Å². The molecule has 1 aromatic heterocycles. The third-order valence-electron chi connectivity index (χ3n) is 2.43. The smallest absolute Gasteiger partial charge is 0.329 e. The van der Waals surface area contributed by atoms with Crippen molar-refractivity contribution in [2.45, 2.75) is 19.4 Å². The van der Waals surface area contributed by atoms with Crippen LogP contribution in [0.4, 0.5) is 17.5 Å². The molecule has 0 amide bonds. The van der Waals surface area contributed by atoms with Crippen LogP contribution in [0.1, 0.15) is 13.3 Å². The number of aromatic nitrogens is 2. The topological polar surface area (TPSA) is 122 Å². The maximum absolute atomic E-state index is 10.9. The zero-order valence-corrected chi connectivity index (χ0v) is 11.5. The highest BCUT2D eigenvalue weighted by Gasteiger charge is 2.17. The number of nitro groups is 1. The molecule has 0 aliphatic rings. The van der Waals surface area contributed by atoms with Crippen molar-refractivity contribution in [2.75, 3.05) is 37.4 Å². The first kappa shape index (κ1) is 16.1. The van der Waals surface area contributed by atoms with Gasteiger partial charge in [-0.3, -0.25) is 10.1 Å². The van der Waals surface area contributed by atoms with Gasteiger partial charge in [0, 0.05) is 20.2 Å². The minimum Gasteiger partial charge on any atom is -0.391 e. The van der Waals surface area contributed by atoms with E-state index in [2.05, 4.69) is 20.6 Å². The van der Waals surface area contributed by atoms with E-state index in [1.165, 1.54) is 7.11 Å². The molecule has 0 fully saturated rings. The van der Waals surface area contributed by atoms with E-state index in [0.717, 1.165) is 6.20 Å². The Morgan fingerprint density at radius 2 is 2.30 bits per heavy atom. The molecule has 1 aromatic rings. The lowest BCUT2D eigenvalue weighted by Crippen LogP contribution is -2.19. The summed E-state index contributed by atoms with van der Waals surface area (Å²) in [5, 5.41) is 26.1. The quantitative estimate of drug-likeness (QED) is 0.446. The molecule has 112 valence electrons. The Labute approximate surface area is 116 Å². The van der Waals surface area contributed by atoms with Gasteiger partial charge in [-0.2, -0.15) is 4.98 Å². The highest BCUT2D eigenvalue weighted by Crippen LogP contribution is 2.21. The molecule has 1 atom stereocenters. The minimum atomic E-state index is -0.623. The second-order valence-corrected chi connectivity index (χ2v) is 4.04. The molecular weight excluding hydrogens is 266 g/mol. The van der Waals surface area contributed by atoms with E-state index >= 15 is 0 Å². The number of anilines is 2. The number of hydrogen-bond acceptors (Lipinski definition) is 8. The number of hydrogen-bond donors (Lipinski definition) is 3. The fourth-order valence-corrected chi connectivity index (χ4v) is 1.52. The van der Waals surface area contributed by atoms with Crippen LogP contribution in [-0.4, -0.2) is 52.9 Å². The monoisotopic (exact) mass is 285 g/mol. The van der Waals surface area contributed by atoms with Crippen LogP contribution in [0.25, 0.3) is 0 Å². The van der Waals surface area contributed by atoms with Crippen LogP contribution in [0.3, 0.4) is 0 Å². The first-order valence-electron chi connectivity index (χ1n) is 6.24. The molecule has 9 nitrogen and oxygen atoms in total. The molecule has 1 unspecified atom stereocenters. The summed E-state index contributed by atoms with van der Waals surface area (Å²) in [6.45, 7) is 3.05. The Bertz CT molecular complexity index is 443. The van der Waals surface area contributed by atoms with Crippen LogP contribution in [0, 0.1) is 10.1 Å². The Morgan fingerprint density at radius 3 is 2.90 bits per heavy atom. The summed E-state index contributed by atoms with van der Waals surface area (Å²) >= 11 is 0. The highest BCUT2D eigenvalue weighted by atomic mass is 16.6. The van der Waals surface area contributed by atoms with Gasteiger partial charge in [-0.25, -0.2) is 4.98 Å². The summed E-state index contributed by atoms with van der Waals surface area (Å²) in [7, 11) is 1.49. The van der Waals surface area contributed by atoms with Gasteiger partial charge in [0.2, 0.25) is 11.8 Å². The molecule has 0 saturated heterocycles. The zero-order chi connectivity index (χ0) is 15.0. The van der Waals surface area contributed by atoms with Crippen molar-refractivity contribution in [1.82, 2.24) is 9.97 Å². The van der Waals surface area contributed by atoms with Crippen molar-refractivity contribution in [2.24, 2.45) is 0 Å². The second-order valence-electron chi connectivity index (χ2n) is 4.04. The van der Waals surface area contributed by atoms with Gasteiger partial charge in [0.15, 0.2) is 0 Å². The van der Waals surface area contributed by atoms with Gasteiger partial charge in [-0.05, 0) is 13.3 Å². The summed E-state index contributed by atoms with van der Waals surface area (Å²) in [6.07, 6.45) is 0.923. The van der Waals surface area contributed by atoms with E-state index in [0.29, 0.717) is 25.5 Å². The van der Waals surface area contributed by atoms with Crippen molar-refractivity contribution < 1.29 is 14.8 Å². The lowest BCUT2D eigenvalue weighted by Gasteiger charge is -2.11. The molecule has 0 aliphatic heterocycles. The fraction of sp³-hybridized carbons (Fsp3) is 0.636. The average molecular weight is 285 g/mol. The molecule has 9 heteroatoms. The van der Waals surface area contributed by atoms with Gasteiger partial charge >= 0.3 is 5.69 Å². The SMILES string of the molecule is CCNc1ncc([N+](=O)[O-])c(NCCC(O)COC)n1. The lowest BCUT2D eigenvalue weighted by molar-refractivity contribution is -0.384. The molecule has 0 aliphatic carbocycles. The third-order valence-corrected chi connectivity index (χ3v) is 2.43. The van der Waals surface area contributed by atoms with E-state index in [1.54, 1.807) is 0 Å². The Hall–Kier alpha value is -2.00. The number of nitrogens with one attached hydrogen (secondary N) is 2. The van der Waals surface area contributed by atoms with Gasteiger partial charge in [0.1, 0.15) is 6.20 Å². The fourth-order valence-electron chi connectivity index (χ4n) is 1.52. The first-order valence-corrected chi connectivity index (χ1v) is 6.24. The summed E-state index contributed by atoms with van der Waals surface area (Å²) in [5.41, 5.74) is -0.201. The number of ether oxygens (including phenoxy) is 1. The maximum atomic E-state index is 10.9. The van der Waals surface area contributed by atoms with Gasteiger partial charge in [-0.15, -0.1) is 0 Å². The molecular formula is C11H19N5O4. The number of aliphatic hydroxyl groups is 1. The van der Waals surface area contributed by atoms with Crippen LogP contribution in [0.15, 0.2) is 6.20 Å². The Kier molecular flexibility index (Phi) is 6.60. The summed E-state index contributed by atoms with van der Waals surface area (Å²) in [4.78, 5) is 18.2. The van der Waals surface area contributed by atoms with E-state index in [4.69, 9.17) is 4.74 Å².